The van der Waals surface area contributed by atoms with E-state index in [1.807, 2.05) is 0 Å². The fourth-order valence-corrected chi connectivity index (χ4v) is 2.16. The molecule has 0 radical (unpaired) electrons. The molecule has 0 aromatic carbocycles. The van der Waals surface area contributed by atoms with E-state index >= 15 is 0 Å². The minimum atomic E-state index is -0.743. The van der Waals surface area contributed by atoms with Crippen LogP contribution in [0.1, 0.15) is 57.8 Å². The van der Waals surface area contributed by atoms with E-state index < -0.39 is 12.0 Å². The molecule has 1 rings (SSSR count). The molecule has 1 amide bonds. The van der Waals surface area contributed by atoms with Gasteiger partial charge in [0.2, 0.25) is 5.91 Å². The van der Waals surface area contributed by atoms with Gasteiger partial charge in [-0.05, 0) is 12.8 Å². The summed E-state index contributed by atoms with van der Waals surface area (Å²) >= 11 is 0. The Morgan fingerprint density at radius 1 is 1.10 bits per heavy atom. The lowest BCUT2D eigenvalue weighted by atomic mass is 10.1. The van der Waals surface area contributed by atoms with Gasteiger partial charge in [-0.2, -0.15) is 0 Å². The molecule has 0 unspecified atom stereocenters. The molecule has 1 aliphatic heterocycles. The summed E-state index contributed by atoms with van der Waals surface area (Å²) in [6.07, 6.45) is 6.64. The van der Waals surface area contributed by atoms with E-state index in [-0.39, 0.29) is 18.3 Å². The maximum absolute atomic E-state index is 11.6. The number of nitrogens with one attached hydrogen (secondary N) is 1. The van der Waals surface area contributed by atoms with Crippen molar-refractivity contribution in [2.24, 2.45) is 0 Å². The Bertz CT molecular complexity index is 342. The maximum atomic E-state index is 11.6. The number of rotatable bonds is 10. The highest BCUT2D eigenvalue weighted by Crippen LogP contribution is 2.10. The van der Waals surface area contributed by atoms with E-state index in [4.69, 9.17) is 9.84 Å². The van der Waals surface area contributed by atoms with Gasteiger partial charge in [-0.1, -0.05) is 25.7 Å². The molecule has 1 aliphatic rings. The van der Waals surface area contributed by atoms with Gasteiger partial charge < -0.3 is 15.2 Å². The summed E-state index contributed by atoms with van der Waals surface area (Å²) in [7, 11) is 0. The van der Waals surface area contributed by atoms with Crippen molar-refractivity contribution in [3.05, 3.63) is 0 Å². The summed E-state index contributed by atoms with van der Waals surface area (Å²) in [5, 5.41) is 11.1. The Hall–Kier alpha value is -1.59. The average Bonchev–Trinajstić information content (AvgIpc) is 2.78. The molecule has 1 saturated heterocycles. The zero-order chi connectivity index (χ0) is 14.8. The molecule has 0 aromatic heterocycles. The smallest absolute Gasteiger partial charge is 0.328 e. The Kier molecular flexibility index (Phi) is 7.69. The van der Waals surface area contributed by atoms with Crippen molar-refractivity contribution < 1.29 is 24.2 Å². The molecule has 6 nitrogen and oxygen atoms in total. The van der Waals surface area contributed by atoms with Crippen molar-refractivity contribution in [3.63, 3.8) is 0 Å². The van der Waals surface area contributed by atoms with Crippen LogP contribution in [0.25, 0.3) is 0 Å². The predicted molar refractivity (Wildman–Crippen MR) is 72.1 cm³/mol. The molecule has 114 valence electrons. The number of hydrogen-bond donors (Lipinski definition) is 2. The van der Waals surface area contributed by atoms with E-state index in [9.17, 15) is 14.4 Å². The van der Waals surface area contributed by atoms with Crippen LogP contribution < -0.4 is 5.32 Å². The number of hydrogen-bond acceptors (Lipinski definition) is 4. The monoisotopic (exact) mass is 285 g/mol. The first-order valence-electron chi connectivity index (χ1n) is 7.27. The topological polar surface area (TPSA) is 92.7 Å². The summed E-state index contributed by atoms with van der Waals surface area (Å²) in [6, 6.07) is -0.460. The number of cyclic esters (lactones) is 1. The van der Waals surface area contributed by atoms with Crippen molar-refractivity contribution in [1.82, 2.24) is 5.32 Å². The van der Waals surface area contributed by atoms with E-state index in [1.165, 1.54) is 0 Å². The summed E-state index contributed by atoms with van der Waals surface area (Å²) in [4.78, 5) is 33.0. The van der Waals surface area contributed by atoms with Crippen molar-refractivity contribution in [2.75, 3.05) is 6.61 Å². The lowest BCUT2D eigenvalue weighted by Gasteiger charge is -2.08. The molecule has 20 heavy (non-hydrogen) atoms. The van der Waals surface area contributed by atoms with Crippen LogP contribution in [0.15, 0.2) is 0 Å². The van der Waals surface area contributed by atoms with Crippen LogP contribution in [0.2, 0.25) is 0 Å². The lowest BCUT2D eigenvalue weighted by Crippen LogP contribution is -2.37. The number of unbranched alkanes of at least 4 members (excludes halogenated alkanes) is 5. The number of amides is 1. The van der Waals surface area contributed by atoms with Crippen molar-refractivity contribution >= 4 is 17.8 Å². The Morgan fingerprint density at radius 3 is 2.25 bits per heavy atom. The van der Waals surface area contributed by atoms with Crippen LogP contribution in [-0.2, 0) is 19.1 Å². The highest BCUT2D eigenvalue weighted by Gasteiger charge is 2.27. The third-order valence-electron chi connectivity index (χ3n) is 3.32. The number of carboxylic acids is 1. The van der Waals surface area contributed by atoms with E-state index in [1.54, 1.807) is 0 Å². The van der Waals surface area contributed by atoms with Gasteiger partial charge in [-0.25, -0.2) is 4.79 Å². The number of carboxylic acid groups (broad SMARTS) is 1. The average molecular weight is 285 g/mol. The Morgan fingerprint density at radius 2 is 1.70 bits per heavy atom. The van der Waals surface area contributed by atoms with Crippen LogP contribution >= 0.6 is 0 Å². The second-order valence-electron chi connectivity index (χ2n) is 5.09. The molecule has 2 N–H and O–H groups in total. The first-order chi connectivity index (χ1) is 9.59. The highest BCUT2D eigenvalue weighted by atomic mass is 16.5. The summed E-state index contributed by atoms with van der Waals surface area (Å²) < 4.78 is 4.77. The quantitative estimate of drug-likeness (QED) is 0.470. The van der Waals surface area contributed by atoms with Gasteiger partial charge in [0.25, 0.3) is 0 Å². The maximum Gasteiger partial charge on any atom is 0.328 e. The van der Waals surface area contributed by atoms with E-state index in [2.05, 4.69) is 5.32 Å². The van der Waals surface area contributed by atoms with E-state index in [0.29, 0.717) is 19.4 Å². The van der Waals surface area contributed by atoms with Crippen LogP contribution in [0.5, 0.6) is 0 Å². The molecule has 0 aromatic rings. The predicted octanol–water partition coefficient (Wildman–Crippen LogP) is 1.62. The van der Waals surface area contributed by atoms with Gasteiger partial charge in [0.15, 0.2) is 0 Å². The Labute approximate surface area is 118 Å². The number of aliphatic carboxylic acids is 1. The highest BCUT2D eigenvalue weighted by molar-refractivity contribution is 5.85. The zero-order valence-electron chi connectivity index (χ0n) is 11.7. The molecule has 1 heterocycles. The lowest BCUT2D eigenvalue weighted by molar-refractivity contribution is -0.141. The zero-order valence-corrected chi connectivity index (χ0v) is 11.7. The standard InChI is InChI=1S/C14H23NO5/c16-12(15-11-9-10-20-14(11)19)7-5-3-1-2-4-6-8-13(17)18/h11H,1-10H2,(H,15,16)(H,17,18)/t11-/m0/s1. The minimum absolute atomic E-state index is 0.0975. The number of esters is 1. The molecule has 1 atom stereocenters. The molecule has 1 fully saturated rings. The largest absolute Gasteiger partial charge is 0.481 e. The van der Waals surface area contributed by atoms with Crippen molar-refractivity contribution in [2.45, 2.75) is 63.8 Å². The van der Waals surface area contributed by atoms with Gasteiger partial charge in [-0.3, -0.25) is 9.59 Å². The van der Waals surface area contributed by atoms with Gasteiger partial charge in [0, 0.05) is 19.3 Å². The molecular weight excluding hydrogens is 262 g/mol. The normalized spacial score (nSPS) is 17.8. The fraction of sp³-hybridized carbons (Fsp3) is 0.786. The van der Waals surface area contributed by atoms with Gasteiger partial charge in [0.1, 0.15) is 6.04 Å². The van der Waals surface area contributed by atoms with Gasteiger partial charge >= 0.3 is 11.9 Å². The van der Waals surface area contributed by atoms with Crippen LogP contribution in [0, 0.1) is 0 Å². The molecule has 6 heteroatoms. The first kappa shape index (κ1) is 16.5. The summed E-state index contributed by atoms with van der Waals surface area (Å²) in [5.74, 6) is -1.18. The minimum Gasteiger partial charge on any atom is -0.481 e. The molecular formula is C14H23NO5. The van der Waals surface area contributed by atoms with Crippen molar-refractivity contribution in [3.8, 4) is 0 Å². The van der Waals surface area contributed by atoms with Crippen LogP contribution in [0.4, 0.5) is 0 Å². The number of ether oxygens (including phenoxy) is 1. The van der Waals surface area contributed by atoms with Crippen LogP contribution in [-0.4, -0.2) is 35.6 Å². The summed E-state index contributed by atoms with van der Waals surface area (Å²) in [5.41, 5.74) is 0. The molecule has 0 aliphatic carbocycles. The second-order valence-corrected chi connectivity index (χ2v) is 5.09. The van der Waals surface area contributed by atoms with E-state index in [0.717, 1.165) is 38.5 Å². The number of carbonyl (C=O) groups is 3. The fourth-order valence-electron chi connectivity index (χ4n) is 2.16. The molecule has 0 bridgehead atoms. The SMILES string of the molecule is O=C(O)CCCCCCCCC(=O)N[C@H]1CCOC1=O. The van der Waals surface area contributed by atoms with Gasteiger partial charge in [0.05, 0.1) is 6.61 Å². The Balaban J connectivity index is 1.92. The first-order valence-corrected chi connectivity index (χ1v) is 7.27. The number of carbonyl (C=O) groups excluding carboxylic acids is 2. The molecule has 0 saturated carbocycles. The third kappa shape index (κ3) is 7.11. The second kappa shape index (κ2) is 9.34. The van der Waals surface area contributed by atoms with Crippen molar-refractivity contribution in [1.29, 1.82) is 0 Å². The molecule has 0 spiro atoms. The van der Waals surface area contributed by atoms with Gasteiger partial charge in [-0.15, -0.1) is 0 Å². The summed E-state index contributed by atoms with van der Waals surface area (Å²) in [6.45, 7) is 0.389. The van der Waals surface area contributed by atoms with Crippen LogP contribution in [0.3, 0.4) is 0 Å². The third-order valence-corrected chi connectivity index (χ3v) is 3.32.